The van der Waals surface area contributed by atoms with Gasteiger partial charge in [-0.25, -0.2) is 0 Å². The van der Waals surface area contributed by atoms with Crippen molar-refractivity contribution in [1.82, 2.24) is 4.90 Å². The second kappa shape index (κ2) is 7.94. The van der Waals surface area contributed by atoms with Crippen LogP contribution in [0.3, 0.4) is 0 Å². The lowest BCUT2D eigenvalue weighted by atomic mass is 9.84. The second-order valence-electron chi connectivity index (χ2n) is 7.13. The Labute approximate surface area is 150 Å². The predicted octanol–water partition coefficient (Wildman–Crippen LogP) is 3.94. The minimum absolute atomic E-state index is 0.216. The van der Waals surface area contributed by atoms with Gasteiger partial charge in [-0.2, -0.15) is 0 Å². The number of aryl methyl sites for hydroxylation is 1. The lowest BCUT2D eigenvalue weighted by Gasteiger charge is -2.38. The van der Waals surface area contributed by atoms with E-state index in [-0.39, 0.29) is 5.78 Å². The summed E-state index contributed by atoms with van der Waals surface area (Å²) in [6.45, 7) is 4.74. The van der Waals surface area contributed by atoms with E-state index >= 15 is 0 Å². The second-order valence-corrected chi connectivity index (χ2v) is 7.13. The fourth-order valence-corrected chi connectivity index (χ4v) is 3.53. The molecule has 0 atom stereocenters. The highest BCUT2D eigenvalue weighted by Gasteiger charge is 2.33. The fourth-order valence-electron chi connectivity index (χ4n) is 3.53. The van der Waals surface area contributed by atoms with Crippen molar-refractivity contribution in [3.63, 3.8) is 0 Å². The highest BCUT2D eigenvalue weighted by molar-refractivity contribution is 5.95. The van der Waals surface area contributed by atoms with Crippen LogP contribution < -0.4 is 0 Å². The molecule has 3 rings (SSSR count). The van der Waals surface area contributed by atoms with Crippen molar-refractivity contribution in [2.75, 3.05) is 19.6 Å². The van der Waals surface area contributed by atoms with E-state index < -0.39 is 5.60 Å². The lowest BCUT2D eigenvalue weighted by Crippen LogP contribution is -2.42. The van der Waals surface area contributed by atoms with Crippen molar-refractivity contribution in [3.05, 3.63) is 71.3 Å². The third-order valence-electron chi connectivity index (χ3n) is 5.25. The molecule has 132 valence electrons. The summed E-state index contributed by atoms with van der Waals surface area (Å²) in [5.74, 6) is 0.216. The SMILES string of the molecule is Cc1ccc(C2(O)CCN(CCCC(=O)c3ccccc3)CC2)cc1. The number of carbonyl (C=O) groups is 1. The number of piperidine rings is 1. The van der Waals surface area contributed by atoms with Crippen molar-refractivity contribution < 1.29 is 9.90 Å². The summed E-state index contributed by atoms with van der Waals surface area (Å²) in [7, 11) is 0. The van der Waals surface area contributed by atoms with Crippen LogP contribution in [0, 0.1) is 6.92 Å². The van der Waals surface area contributed by atoms with Gasteiger partial charge in [-0.05, 0) is 38.3 Å². The summed E-state index contributed by atoms with van der Waals surface area (Å²) >= 11 is 0. The third-order valence-corrected chi connectivity index (χ3v) is 5.25. The normalized spacial score (nSPS) is 17.4. The first kappa shape index (κ1) is 17.8. The number of Topliss-reactive ketones (excluding diaryl/α,β-unsaturated/α-hetero) is 1. The zero-order valence-electron chi connectivity index (χ0n) is 14.9. The Morgan fingerprint density at radius 1 is 1.04 bits per heavy atom. The van der Waals surface area contributed by atoms with Crippen LogP contribution in [0.25, 0.3) is 0 Å². The Hall–Kier alpha value is -1.97. The van der Waals surface area contributed by atoms with E-state index in [4.69, 9.17) is 0 Å². The van der Waals surface area contributed by atoms with Crippen LogP contribution in [0.5, 0.6) is 0 Å². The number of hydrogen-bond acceptors (Lipinski definition) is 3. The van der Waals surface area contributed by atoms with Crippen molar-refractivity contribution in [2.24, 2.45) is 0 Å². The molecule has 2 aromatic rings. The predicted molar refractivity (Wildman–Crippen MR) is 101 cm³/mol. The van der Waals surface area contributed by atoms with Crippen molar-refractivity contribution >= 4 is 5.78 Å². The largest absolute Gasteiger partial charge is 0.385 e. The molecule has 3 heteroatoms. The number of likely N-dealkylation sites (tertiary alicyclic amines) is 1. The van der Waals surface area contributed by atoms with Crippen LogP contribution in [0.4, 0.5) is 0 Å². The topological polar surface area (TPSA) is 40.5 Å². The minimum atomic E-state index is -0.704. The molecule has 3 nitrogen and oxygen atoms in total. The third kappa shape index (κ3) is 4.56. The van der Waals surface area contributed by atoms with E-state index in [0.29, 0.717) is 6.42 Å². The Bertz CT molecular complexity index is 686. The van der Waals surface area contributed by atoms with Gasteiger partial charge >= 0.3 is 0 Å². The van der Waals surface area contributed by atoms with Gasteiger partial charge < -0.3 is 10.0 Å². The van der Waals surface area contributed by atoms with E-state index in [0.717, 1.165) is 50.0 Å². The fraction of sp³-hybridized carbons (Fsp3) is 0.409. The molecule has 1 heterocycles. The van der Waals surface area contributed by atoms with Crippen molar-refractivity contribution in [3.8, 4) is 0 Å². The standard InChI is InChI=1S/C22H27NO2/c1-18-9-11-20(12-10-18)22(25)13-16-23(17-14-22)15-5-8-21(24)19-6-3-2-4-7-19/h2-4,6-7,9-12,25H,5,8,13-17H2,1H3. The van der Waals surface area contributed by atoms with E-state index in [1.807, 2.05) is 42.5 Å². The smallest absolute Gasteiger partial charge is 0.162 e. The first-order valence-corrected chi connectivity index (χ1v) is 9.17. The van der Waals surface area contributed by atoms with E-state index in [1.54, 1.807) is 0 Å². The van der Waals surface area contributed by atoms with Gasteiger partial charge in [-0.3, -0.25) is 4.79 Å². The summed E-state index contributed by atoms with van der Waals surface area (Å²) in [5.41, 5.74) is 2.34. The van der Waals surface area contributed by atoms with Gasteiger partial charge in [0.2, 0.25) is 0 Å². The number of ketones is 1. The lowest BCUT2D eigenvalue weighted by molar-refractivity contribution is -0.0260. The van der Waals surface area contributed by atoms with Crippen LogP contribution in [0.1, 0.15) is 47.2 Å². The first-order chi connectivity index (χ1) is 12.1. The highest BCUT2D eigenvalue weighted by Crippen LogP contribution is 2.32. The molecule has 0 unspecified atom stereocenters. The van der Waals surface area contributed by atoms with Gasteiger partial charge in [0.05, 0.1) is 5.60 Å². The number of hydrogen-bond donors (Lipinski definition) is 1. The summed E-state index contributed by atoms with van der Waals surface area (Å²) in [6, 6.07) is 17.7. The van der Waals surface area contributed by atoms with E-state index in [1.165, 1.54) is 5.56 Å². The van der Waals surface area contributed by atoms with Crippen LogP contribution >= 0.6 is 0 Å². The molecular formula is C22H27NO2. The molecule has 0 amide bonds. The maximum Gasteiger partial charge on any atom is 0.162 e. The van der Waals surface area contributed by atoms with Gasteiger partial charge in [-0.15, -0.1) is 0 Å². The molecule has 25 heavy (non-hydrogen) atoms. The van der Waals surface area contributed by atoms with Crippen molar-refractivity contribution in [2.45, 2.75) is 38.2 Å². The average Bonchev–Trinajstić information content (AvgIpc) is 2.64. The molecular weight excluding hydrogens is 310 g/mol. The summed E-state index contributed by atoms with van der Waals surface area (Å²) < 4.78 is 0. The van der Waals surface area contributed by atoms with Gasteiger partial charge in [0.1, 0.15) is 0 Å². The molecule has 1 fully saturated rings. The summed E-state index contributed by atoms with van der Waals surface area (Å²) in [5, 5.41) is 10.9. The number of benzene rings is 2. The highest BCUT2D eigenvalue weighted by atomic mass is 16.3. The van der Waals surface area contributed by atoms with Gasteiger partial charge in [0.25, 0.3) is 0 Å². The first-order valence-electron chi connectivity index (χ1n) is 9.17. The number of rotatable bonds is 6. The Morgan fingerprint density at radius 3 is 2.32 bits per heavy atom. The van der Waals surface area contributed by atoms with Crippen molar-refractivity contribution in [1.29, 1.82) is 0 Å². The average molecular weight is 337 g/mol. The quantitative estimate of drug-likeness (QED) is 0.812. The molecule has 1 aliphatic heterocycles. The molecule has 2 aromatic carbocycles. The van der Waals surface area contributed by atoms with Crippen LogP contribution in [-0.2, 0) is 5.60 Å². The Kier molecular flexibility index (Phi) is 5.67. The molecule has 0 spiro atoms. The maximum absolute atomic E-state index is 12.1. The van der Waals surface area contributed by atoms with Crippen LogP contribution in [0.2, 0.25) is 0 Å². The van der Waals surface area contributed by atoms with E-state index in [9.17, 15) is 9.90 Å². The summed E-state index contributed by atoms with van der Waals surface area (Å²) in [4.78, 5) is 14.5. The van der Waals surface area contributed by atoms with Crippen LogP contribution in [0.15, 0.2) is 54.6 Å². The molecule has 0 radical (unpaired) electrons. The van der Waals surface area contributed by atoms with Gasteiger partial charge in [0, 0.05) is 25.1 Å². The maximum atomic E-state index is 12.1. The Balaban J connectivity index is 1.45. The number of nitrogens with zero attached hydrogens (tertiary/aromatic N) is 1. The molecule has 1 N–H and O–H groups in total. The van der Waals surface area contributed by atoms with Gasteiger partial charge in [-0.1, -0.05) is 60.2 Å². The zero-order chi connectivity index (χ0) is 17.7. The molecule has 0 aliphatic carbocycles. The zero-order valence-corrected chi connectivity index (χ0v) is 14.9. The summed E-state index contributed by atoms with van der Waals surface area (Å²) in [6.07, 6.45) is 2.96. The minimum Gasteiger partial charge on any atom is -0.385 e. The van der Waals surface area contributed by atoms with Crippen LogP contribution in [-0.4, -0.2) is 35.4 Å². The molecule has 1 saturated heterocycles. The number of carbonyl (C=O) groups excluding carboxylic acids is 1. The van der Waals surface area contributed by atoms with E-state index in [2.05, 4.69) is 24.0 Å². The number of aliphatic hydroxyl groups is 1. The Morgan fingerprint density at radius 2 is 1.68 bits per heavy atom. The molecule has 0 bridgehead atoms. The molecule has 1 aliphatic rings. The molecule has 0 saturated carbocycles. The molecule has 0 aromatic heterocycles. The monoisotopic (exact) mass is 337 g/mol. The van der Waals surface area contributed by atoms with Gasteiger partial charge in [0.15, 0.2) is 5.78 Å².